The lowest BCUT2D eigenvalue weighted by Crippen LogP contribution is -2.39. The minimum atomic E-state index is -0.140. The summed E-state index contributed by atoms with van der Waals surface area (Å²) < 4.78 is 12.4. The zero-order chi connectivity index (χ0) is 22.9. The summed E-state index contributed by atoms with van der Waals surface area (Å²) in [6.07, 6.45) is 5.93. The number of anilines is 1. The number of piperidine rings is 1. The zero-order valence-electron chi connectivity index (χ0n) is 19.1. The second-order valence-corrected chi connectivity index (χ2v) is 9.71. The second kappa shape index (κ2) is 12.5. The number of hydrazine groups is 1. The number of rotatable bonds is 11. The van der Waals surface area contributed by atoms with Gasteiger partial charge in [0.1, 0.15) is 12.1 Å². The van der Waals surface area contributed by atoms with E-state index in [1.165, 1.54) is 17.8 Å². The Balaban J connectivity index is 1.31. The molecule has 1 aliphatic carbocycles. The van der Waals surface area contributed by atoms with Crippen molar-refractivity contribution in [2.24, 2.45) is 34.6 Å². The summed E-state index contributed by atoms with van der Waals surface area (Å²) in [6, 6.07) is 7.70. The Morgan fingerprint density at radius 1 is 1.38 bits per heavy atom. The van der Waals surface area contributed by atoms with Gasteiger partial charge in [0.2, 0.25) is 0 Å². The second-order valence-electron chi connectivity index (χ2n) is 8.83. The minimum absolute atomic E-state index is 0.140. The van der Waals surface area contributed by atoms with Crippen molar-refractivity contribution in [3.05, 3.63) is 24.3 Å². The summed E-state index contributed by atoms with van der Waals surface area (Å²) >= 11 is 2.33. The van der Waals surface area contributed by atoms with E-state index in [1.54, 1.807) is 7.05 Å². The third-order valence-corrected chi connectivity index (χ3v) is 7.84. The maximum absolute atomic E-state index is 12.2. The molecular weight excluding hydrogens is 521 g/mol. The molecular formula is C23H36IN5O3. The summed E-state index contributed by atoms with van der Waals surface area (Å²) in [5, 5.41) is 5.34. The molecule has 3 rings (SSSR count). The number of hydrogen-bond acceptors (Lipinski definition) is 6. The Hall–Kier alpha value is -1.75. The summed E-state index contributed by atoms with van der Waals surface area (Å²) in [4.78, 5) is 14.1. The molecule has 0 bridgehead atoms. The molecule has 3 N–H and O–H groups in total. The van der Waals surface area contributed by atoms with Crippen molar-refractivity contribution in [3.63, 3.8) is 0 Å². The first-order chi connectivity index (χ1) is 15.5. The molecule has 3 atom stereocenters. The van der Waals surface area contributed by atoms with Gasteiger partial charge in [0.25, 0.3) is 0 Å². The van der Waals surface area contributed by atoms with Crippen molar-refractivity contribution in [3.8, 4) is 5.75 Å². The van der Waals surface area contributed by atoms with Crippen LogP contribution < -0.4 is 21.0 Å². The lowest BCUT2D eigenvalue weighted by atomic mass is 9.91. The Morgan fingerprint density at radius 2 is 2.09 bits per heavy atom. The third kappa shape index (κ3) is 7.40. The molecule has 178 valence electrons. The van der Waals surface area contributed by atoms with Gasteiger partial charge in [-0.1, -0.05) is 29.5 Å². The van der Waals surface area contributed by atoms with Gasteiger partial charge in [-0.05, 0) is 73.6 Å². The SMILES string of the molecule is CN/N=C\N(N)c1ccc(OCC[C@@H]2C[C@@H]2C2CCN(C(=O)OCC(C)CI)CC2)cc1. The molecule has 0 spiro atoms. The Bertz CT molecular complexity index is 740. The van der Waals surface area contributed by atoms with Crippen LogP contribution in [-0.4, -0.2) is 55.1 Å². The average molecular weight is 557 g/mol. The average Bonchev–Trinajstić information content (AvgIpc) is 3.60. The fourth-order valence-corrected chi connectivity index (χ4v) is 4.52. The van der Waals surface area contributed by atoms with Crippen LogP contribution in [0.2, 0.25) is 0 Å². The van der Waals surface area contributed by atoms with Crippen LogP contribution in [0.25, 0.3) is 0 Å². The predicted molar refractivity (Wildman–Crippen MR) is 136 cm³/mol. The fraction of sp³-hybridized carbons (Fsp3) is 0.652. The maximum Gasteiger partial charge on any atom is 0.409 e. The van der Waals surface area contributed by atoms with Crippen molar-refractivity contribution >= 4 is 40.7 Å². The van der Waals surface area contributed by atoms with Crippen LogP contribution >= 0.6 is 22.6 Å². The summed E-state index contributed by atoms with van der Waals surface area (Å²) in [6.45, 7) is 5.00. The number of hydrogen-bond donors (Lipinski definition) is 2. The van der Waals surface area contributed by atoms with Gasteiger partial charge in [-0.15, -0.1) is 0 Å². The van der Waals surface area contributed by atoms with Gasteiger partial charge in [-0.25, -0.2) is 10.6 Å². The largest absolute Gasteiger partial charge is 0.494 e. The molecule has 9 heteroatoms. The number of amides is 1. The van der Waals surface area contributed by atoms with E-state index in [2.05, 4.69) is 40.0 Å². The summed E-state index contributed by atoms with van der Waals surface area (Å²) in [7, 11) is 1.72. The van der Waals surface area contributed by atoms with E-state index in [0.717, 1.165) is 72.6 Å². The van der Waals surface area contributed by atoms with E-state index in [9.17, 15) is 4.79 Å². The van der Waals surface area contributed by atoms with Crippen LogP contribution in [0.4, 0.5) is 10.5 Å². The third-order valence-electron chi connectivity index (χ3n) is 6.34. The van der Waals surface area contributed by atoms with Crippen LogP contribution in [-0.2, 0) is 4.74 Å². The first kappa shape index (κ1) is 24.9. The van der Waals surface area contributed by atoms with E-state index < -0.39 is 0 Å². The van der Waals surface area contributed by atoms with Crippen molar-refractivity contribution in [2.45, 2.75) is 32.6 Å². The number of nitrogens with two attached hydrogens (primary N) is 1. The van der Waals surface area contributed by atoms with Crippen LogP contribution in [0, 0.1) is 23.7 Å². The monoisotopic (exact) mass is 557 g/mol. The minimum Gasteiger partial charge on any atom is -0.494 e. The molecule has 1 aromatic carbocycles. The molecule has 1 unspecified atom stereocenters. The molecule has 2 aliphatic rings. The molecule has 8 nitrogen and oxygen atoms in total. The number of nitrogens with zero attached hydrogens (tertiary/aromatic N) is 3. The highest BCUT2D eigenvalue weighted by atomic mass is 127. The molecule has 1 saturated heterocycles. The lowest BCUT2D eigenvalue weighted by molar-refractivity contribution is 0.0772. The number of alkyl halides is 1. The van der Waals surface area contributed by atoms with E-state index in [-0.39, 0.29) is 6.09 Å². The van der Waals surface area contributed by atoms with Crippen molar-refractivity contribution in [2.75, 3.05) is 42.8 Å². The van der Waals surface area contributed by atoms with Crippen molar-refractivity contribution < 1.29 is 14.3 Å². The van der Waals surface area contributed by atoms with Gasteiger partial charge in [-0.3, -0.25) is 5.01 Å². The number of halogens is 1. The molecule has 1 saturated carbocycles. The molecule has 2 fully saturated rings. The van der Waals surface area contributed by atoms with Crippen molar-refractivity contribution in [1.82, 2.24) is 10.3 Å². The van der Waals surface area contributed by atoms with Gasteiger partial charge >= 0.3 is 6.09 Å². The predicted octanol–water partition coefficient (Wildman–Crippen LogP) is 3.85. The van der Waals surface area contributed by atoms with Gasteiger partial charge in [0.15, 0.2) is 0 Å². The summed E-state index contributed by atoms with van der Waals surface area (Å²) in [5.41, 5.74) is 3.51. The maximum atomic E-state index is 12.2. The highest BCUT2D eigenvalue weighted by Crippen LogP contribution is 2.49. The Labute approximate surface area is 205 Å². The molecule has 1 aromatic rings. The Morgan fingerprint density at radius 3 is 2.75 bits per heavy atom. The Kier molecular flexibility index (Phi) is 9.70. The normalized spacial score (nSPS) is 21.9. The number of carbonyl (C=O) groups excluding carboxylic acids is 1. The summed E-state index contributed by atoms with van der Waals surface area (Å²) in [5.74, 6) is 9.43. The topological polar surface area (TPSA) is 92.4 Å². The van der Waals surface area contributed by atoms with E-state index in [4.69, 9.17) is 15.3 Å². The first-order valence-corrected chi connectivity index (χ1v) is 13.0. The van der Waals surface area contributed by atoms with Gasteiger partial charge < -0.3 is 19.8 Å². The number of nitrogens with one attached hydrogen (secondary N) is 1. The molecule has 1 heterocycles. The van der Waals surface area contributed by atoms with E-state index >= 15 is 0 Å². The number of hydrazone groups is 1. The smallest absolute Gasteiger partial charge is 0.409 e. The first-order valence-electron chi connectivity index (χ1n) is 11.5. The molecule has 0 radical (unpaired) electrons. The van der Waals surface area contributed by atoms with Crippen molar-refractivity contribution in [1.29, 1.82) is 0 Å². The molecule has 1 aliphatic heterocycles. The quantitative estimate of drug-likeness (QED) is 0.107. The number of benzene rings is 1. The van der Waals surface area contributed by atoms with Crippen LogP contribution in [0.1, 0.15) is 32.6 Å². The number of carbonyl (C=O) groups is 1. The highest BCUT2D eigenvalue weighted by molar-refractivity contribution is 14.1. The molecule has 32 heavy (non-hydrogen) atoms. The standard InChI is InChI=1S/C23H36IN5O3/c1-17(14-24)15-32-23(30)28-10-7-18(8-11-28)22-13-19(22)9-12-31-21-5-3-20(4-6-21)29(25)16-27-26-2/h3-6,16-19,22,26H,7-15,25H2,1-2H3/b27-16-/t17?,19-,22-/m1/s1. The van der Waals surface area contributed by atoms with Crippen LogP contribution in [0.5, 0.6) is 5.75 Å². The van der Waals surface area contributed by atoms with Crippen LogP contribution in [0.15, 0.2) is 29.4 Å². The van der Waals surface area contributed by atoms with Gasteiger partial charge in [-0.2, -0.15) is 5.10 Å². The fourth-order valence-electron chi connectivity index (χ4n) is 4.27. The highest BCUT2D eigenvalue weighted by Gasteiger charge is 2.43. The van der Waals surface area contributed by atoms with Crippen LogP contribution in [0.3, 0.4) is 0 Å². The van der Waals surface area contributed by atoms with E-state index in [1.807, 2.05) is 29.2 Å². The molecule has 1 amide bonds. The molecule has 0 aromatic heterocycles. The number of ether oxygens (including phenoxy) is 2. The van der Waals surface area contributed by atoms with E-state index in [0.29, 0.717) is 12.5 Å². The number of likely N-dealkylation sites (tertiary alicyclic amines) is 1. The lowest BCUT2D eigenvalue weighted by Gasteiger charge is -2.32. The zero-order valence-corrected chi connectivity index (χ0v) is 21.2. The van der Waals surface area contributed by atoms with Gasteiger partial charge in [0, 0.05) is 24.6 Å². The van der Waals surface area contributed by atoms with Gasteiger partial charge in [0.05, 0.1) is 18.9 Å².